The zero-order valence-corrected chi connectivity index (χ0v) is 12.9. The molecule has 2 amide bonds. The second kappa shape index (κ2) is 7.53. The molecule has 1 aliphatic heterocycles. The van der Waals surface area contributed by atoms with Crippen LogP contribution in [0.2, 0.25) is 0 Å². The fraction of sp³-hybridized carbons (Fsp3) is 0.375. The Kier molecular flexibility index (Phi) is 5.46. The maximum Gasteiger partial charge on any atom is 0.270 e. The molecule has 1 N–H and O–H groups in total. The van der Waals surface area contributed by atoms with E-state index in [0.29, 0.717) is 18.5 Å². The molecule has 122 valence electrons. The lowest BCUT2D eigenvalue weighted by atomic mass is 10.0. The number of hydrogen-bond donors (Lipinski definition) is 1. The number of amides is 2. The number of carbonyl (C=O) groups is 2. The summed E-state index contributed by atoms with van der Waals surface area (Å²) in [5, 5.41) is 13.3. The van der Waals surface area contributed by atoms with E-state index in [9.17, 15) is 19.7 Å². The number of benzene rings is 1. The molecule has 1 saturated heterocycles. The fourth-order valence-corrected chi connectivity index (χ4v) is 2.64. The number of nitrogens with zero attached hydrogens (tertiary/aromatic N) is 2. The zero-order valence-electron chi connectivity index (χ0n) is 12.9. The van der Waals surface area contributed by atoms with Crippen molar-refractivity contribution in [1.82, 2.24) is 10.2 Å². The Bertz CT molecular complexity index is 642. The number of carbonyl (C=O) groups excluding carboxylic acids is 2. The maximum absolute atomic E-state index is 12.3. The molecule has 1 heterocycles. The van der Waals surface area contributed by atoms with Crippen molar-refractivity contribution in [2.24, 2.45) is 0 Å². The number of nitro groups is 1. The number of nitrogens with one attached hydrogen (secondary N) is 1. The molecule has 0 spiro atoms. The largest absolute Gasteiger partial charge is 0.357 e. The van der Waals surface area contributed by atoms with Gasteiger partial charge in [-0.2, -0.15) is 0 Å². The molecule has 1 aromatic rings. The van der Waals surface area contributed by atoms with Crippen molar-refractivity contribution in [1.29, 1.82) is 0 Å². The van der Waals surface area contributed by atoms with Gasteiger partial charge in [0.1, 0.15) is 6.04 Å². The van der Waals surface area contributed by atoms with Crippen LogP contribution in [0.25, 0.3) is 6.08 Å². The Balaban J connectivity index is 2.11. The molecule has 7 nitrogen and oxygen atoms in total. The lowest BCUT2D eigenvalue weighted by molar-refractivity contribution is -0.384. The third kappa shape index (κ3) is 4.15. The number of likely N-dealkylation sites (tertiary alicyclic amines) is 1. The summed E-state index contributed by atoms with van der Waals surface area (Å²) in [5.74, 6) is -0.424. The Hall–Kier alpha value is -2.70. The first-order valence-corrected chi connectivity index (χ1v) is 7.47. The molecule has 1 unspecified atom stereocenters. The molecule has 0 radical (unpaired) electrons. The number of piperidine rings is 1. The van der Waals surface area contributed by atoms with Gasteiger partial charge in [0.05, 0.1) is 4.92 Å². The summed E-state index contributed by atoms with van der Waals surface area (Å²) in [6, 6.07) is 5.59. The van der Waals surface area contributed by atoms with E-state index in [1.165, 1.54) is 24.3 Å². The first-order chi connectivity index (χ1) is 11.0. The molecule has 0 saturated carbocycles. The van der Waals surface area contributed by atoms with Gasteiger partial charge in [-0.05, 0) is 30.9 Å². The van der Waals surface area contributed by atoms with E-state index in [2.05, 4.69) is 5.32 Å². The summed E-state index contributed by atoms with van der Waals surface area (Å²) in [6.45, 7) is 0.538. The van der Waals surface area contributed by atoms with Gasteiger partial charge < -0.3 is 10.2 Å². The van der Waals surface area contributed by atoms with E-state index in [0.717, 1.165) is 12.8 Å². The minimum absolute atomic E-state index is 0.0270. The number of likely N-dealkylation sites (N-methyl/N-ethyl adjacent to an activating group) is 1. The molecule has 1 fully saturated rings. The molecule has 1 atom stereocenters. The van der Waals surface area contributed by atoms with Gasteiger partial charge in [-0.1, -0.05) is 12.1 Å². The summed E-state index contributed by atoms with van der Waals surface area (Å²) >= 11 is 0. The third-order valence-electron chi connectivity index (χ3n) is 3.83. The SMILES string of the molecule is CNC(=O)C1CCCCN1C(=O)/C=C/c1cccc([N+](=O)[O-])c1. The Morgan fingerprint density at radius 3 is 2.87 bits per heavy atom. The molecule has 0 bridgehead atoms. The van der Waals surface area contributed by atoms with Crippen LogP contribution in [0.15, 0.2) is 30.3 Å². The van der Waals surface area contributed by atoms with Crippen molar-refractivity contribution in [3.63, 3.8) is 0 Å². The van der Waals surface area contributed by atoms with Gasteiger partial charge >= 0.3 is 0 Å². The van der Waals surface area contributed by atoms with E-state index in [1.807, 2.05) is 0 Å². The van der Waals surface area contributed by atoms with Crippen LogP contribution < -0.4 is 5.32 Å². The van der Waals surface area contributed by atoms with Crippen LogP contribution in [0.5, 0.6) is 0 Å². The summed E-state index contributed by atoms with van der Waals surface area (Å²) in [4.78, 5) is 36.0. The number of nitro benzene ring substituents is 1. The highest BCUT2D eigenvalue weighted by Crippen LogP contribution is 2.19. The van der Waals surface area contributed by atoms with Crippen molar-refractivity contribution in [3.8, 4) is 0 Å². The van der Waals surface area contributed by atoms with E-state index >= 15 is 0 Å². The summed E-state index contributed by atoms with van der Waals surface area (Å²) in [6.07, 6.45) is 5.32. The molecular formula is C16H19N3O4. The predicted octanol–water partition coefficient (Wildman–Crippen LogP) is 1.74. The van der Waals surface area contributed by atoms with E-state index in [1.54, 1.807) is 24.1 Å². The average Bonchev–Trinajstić information content (AvgIpc) is 2.59. The Morgan fingerprint density at radius 1 is 1.39 bits per heavy atom. The number of non-ortho nitro benzene ring substituents is 1. The Morgan fingerprint density at radius 2 is 2.17 bits per heavy atom. The summed E-state index contributed by atoms with van der Waals surface area (Å²) in [5.41, 5.74) is 0.543. The molecule has 0 aromatic heterocycles. The number of rotatable bonds is 4. The quantitative estimate of drug-likeness (QED) is 0.520. The second-order valence-electron chi connectivity index (χ2n) is 5.34. The van der Waals surface area contributed by atoms with E-state index in [-0.39, 0.29) is 17.5 Å². The van der Waals surface area contributed by atoms with Crippen LogP contribution in [-0.4, -0.2) is 41.3 Å². The molecule has 7 heteroatoms. The van der Waals surface area contributed by atoms with Crippen molar-refractivity contribution in [3.05, 3.63) is 46.0 Å². The lowest BCUT2D eigenvalue weighted by Gasteiger charge is -2.33. The lowest BCUT2D eigenvalue weighted by Crippen LogP contribution is -2.50. The molecule has 23 heavy (non-hydrogen) atoms. The van der Waals surface area contributed by atoms with Crippen LogP contribution >= 0.6 is 0 Å². The van der Waals surface area contributed by atoms with Crippen LogP contribution in [-0.2, 0) is 9.59 Å². The average molecular weight is 317 g/mol. The maximum atomic E-state index is 12.3. The summed E-state index contributed by atoms with van der Waals surface area (Å²) < 4.78 is 0. The minimum Gasteiger partial charge on any atom is -0.357 e. The minimum atomic E-state index is -0.481. The zero-order chi connectivity index (χ0) is 16.8. The van der Waals surface area contributed by atoms with Gasteiger partial charge in [0.2, 0.25) is 11.8 Å². The highest BCUT2D eigenvalue weighted by molar-refractivity contribution is 5.95. The first kappa shape index (κ1) is 16.7. The van der Waals surface area contributed by atoms with Crippen molar-refractivity contribution < 1.29 is 14.5 Å². The monoisotopic (exact) mass is 317 g/mol. The normalized spacial score (nSPS) is 18.0. The van der Waals surface area contributed by atoms with Crippen LogP contribution in [0.3, 0.4) is 0 Å². The molecule has 1 aromatic carbocycles. The van der Waals surface area contributed by atoms with Crippen LogP contribution in [0, 0.1) is 10.1 Å². The van der Waals surface area contributed by atoms with Gasteiger partial charge in [-0.25, -0.2) is 0 Å². The smallest absolute Gasteiger partial charge is 0.270 e. The van der Waals surface area contributed by atoms with Gasteiger partial charge in [-0.15, -0.1) is 0 Å². The van der Waals surface area contributed by atoms with Crippen LogP contribution in [0.4, 0.5) is 5.69 Å². The van der Waals surface area contributed by atoms with Gasteiger partial charge in [-0.3, -0.25) is 19.7 Å². The van der Waals surface area contributed by atoms with Crippen molar-refractivity contribution >= 4 is 23.6 Å². The summed E-state index contributed by atoms with van der Waals surface area (Å²) in [7, 11) is 1.55. The Labute approximate surface area is 134 Å². The van der Waals surface area contributed by atoms with E-state index in [4.69, 9.17) is 0 Å². The molecule has 1 aliphatic rings. The molecule has 2 rings (SSSR count). The van der Waals surface area contributed by atoms with E-state index < -0.39 is 11.0 Å². The van der Waals surface area contributed by atoms with Crippen LogP contribution in [0.1, 0.15) is 24.8 Å². The predicted molar refractivity (Wildman–Crippen MR) is 85.5 cm³/mol. The third-order valence-corrected chi connectivity index (χ3v) is 3.83. The highest BCUT2D eigenvalue weighted by atomic mass is 16.6. The van der Waals surface area contributed by atoms with Gasteiger partial charge in [0, 0.05) is 31.8 Å². The number of hydrogen-bond acceptors (Lipinski definition) is 4. The highest BCUT2D eigenvalue weighted by Gasteiger charge is 2.30. The fourth-order valence-electron chi connectivity index (χ4n) is 2.64. The van der Waals surface area contributed by atoms with Gasteiger partial charge in [0.25, 0.3) is 5.69 Å². The molecular weight excluding hydrogens is 298 g/mol. The first-order valence-electron chi connectivity index (χ1n) is 7.47. The second-order valence-corrected chi connectivity index (χ2v) is 5.34. The van der Waals surface area contributed by atoms with Crippen molar-refractivity contribution in [2.75, 3.05) is 13.6 Å². The van der Waals surface area contributed by atoms with Gasteiger partial charge in [0.15, 0.2) is 0 Å². The molecule has 0 aliphatic carbocycles. The van der Waals surface area contributed by atoms with Crippen molar-refractivity contribution in [2.45, 2.75) is 25.3 Å². The topological polar surface area (TPSA) is 92.6 Å². The standard InChI is InChI=1S/C16H19N3O4/c1-17-16(21)14-7-2-3-10-18(14)15(20)9-8-12-5-4-6-13(11-12)19(22)23/h4-6,8-9,11,14H,2-3,7,10H2,1H3,(H,17,21)/b9-8+.